The van der Waals surface area contributed by atoms with Crippen molar-refractivity contribution >= 4 is 44.7 Å². The van der Waals surface area contributed by atoms with Crippen molar-refractivity contribution in [3.63, 3.8) is 0 Å². The molecule has 0 fully saturated rings. The molecule has 3 heterocycles. The summed E-state index contributed by atoms with van der Waals surface area (Å²) in [5.74, 6) is 1.08. The van der Waals surface area contributed by atoms with Gasteiger partial charge >= 0.3 is 5.00 Å². The Labute approximate surface area is 210 Å². The Balaban J connectivity index is 1.59. The molecule has 10 nitrogen and oxygen atoms in total. The van der Waals surface area contributed by atoms with E-state index in [2.05, 4.69) is 30.3 Å². The largest absolute Gasteiger partial charge is 0.497 e. The Kier molecular flexibility index (Phi) is 6.00. The fourth-order valence-corrected chi connectivity index (χ4v) is 4.77. The molecule has 3 aromatic heterocycles. The molecule has 1 N–H and O–H groups in total. The zero-order valence-corrected chi connectivity index (χ0v) is 20.8. The van der Waals surface area contributed by atoms with Crippen molar-refractivity contribution in [2.45, 2.75) is 33.1 Å². The van der Waals surface area contributed by atoms with Crippen LogP contribution in [-0.4, -0.2) is 37.7 Å². The number of nitro groups is 1. The van der Waals surface area contributed by atoms with Gasteiger partial charge in [0.05, 0.1) is 34.2 Å². The van der Waals surface area contributed by atoms with Gasteiger partial charge in [-0.25, -0.2) is 14.6 Å². The minimum absolute atomic E-state index is 0.101. The predicted octanol–water partition coefficient (Wildman–Crippen LogP) is 5.64. The van der Waals surface area contributed by atoms with Crippen molar-refractivity contribution < 1.29 is 14.5 Å². The van der Waals surface area contributed by atoms with Gasteiger partial charge in [-0.1, -0.05) is 31.3 Å². The number of carbonyl (C=O) groups excluding carboxylic acids is 1. The first-order valence-corrected chi connectivity index (χ1v) is 12.2. The van der Waals surface area contributed by atoms with Crippen molar-refractivity contribution in [2.75, 3.05) is 12.4 Å². The Bertz CT molecular complexity index is 1500. The van der Waals surface area contributed by atoms with Crippen molar-refractivity contribution in [2.24, 2.45) is 5.41 Å². The number of allylic oxidation sites excluding steroid dienone is 2. The molecule has 0 saturated carbocycles. The van der Waals surface area contributed by atoms with Gasteiger partial charge in [-0.3, -0.25) is 14.9 Å². The number of carbonyl (C=O) groups is 1. The van der Waals surface area contributed by atoms with Gasteiger partial charge in [-0.15, -0.1) is 0 Å². The Hall–Kier alpha value is -4.12. The fourth-order valence-electron chi connectivity index (χ4n) is 4.06. The molecule has 0 aliphatic heterocycles. The minimum Gasteiger partial charge on any atom is -0.497 e. The Morgan fingerprint density at radius 3 is 2.61 bits per heavy atom. The van der Waals surface area contributed by atoms with Crippen LogP contribution >= 0.6 is 11.3 Å². The van der Waals surface area contributed by atoms with Crippen LogP contribution in [0.2, 0.25) is 0 Å². The van der Waals surface area contributed by atoms with E-state index in [1.54, 1.807) is 18.0 Å². The molecule has 0 radical (unpaired) electrons. The third-order valence-corrected chi connectivity index (χ3v) is 7.27. The van der Waals surface area contributed by atoms with Gasteiger partial charge in [-0.2, -0.15) is 5.10 Å². The van der Waals surface area contributed by atoms with Gasteiger partial charge in [0.15, 0.2) is 11.5 Å². The minimum atomic E-state index is -0.516. The molecule has 0 spiro atoms. The molecule has 184 valence electrons. The van der Waals surface area contributed by atoms with Crippen LogP contribution in [0.4, 0.5) is 10.8 Å². The lowest BCUT2D eigenvalue weighted by Crippen LogP contribution is -2.16. The summed E-state index contributed by atoms with van der Waals surface area (Å²) >= 11 is 0.813. The highest BCUT2D eigenvalue weighted by Crippen LogP contribution is 2.38. The smallest absolute Gasteiger partial charge is 0.324 e. The highest BCUT2D eigenvalue weighted by atomic mass is 32.1. The first-order chi connectivity index (χ1) is 17.2. The van der Waals surface area contributed by atoms with E-state index in [1.807, 2.05) is 24.3 Å². The molecule has 11 heteroatoms. The van der Waals surface area contributed by atoms with Crippen LogP contribution in [0.15, 0.2) is 48.7 Å². The number of hydrogen-bond acceptors (Lipinski definition) is 8. The normalized spacial score (nSPS) is 14.9. The highest BCUT2D eigenvalue weighted by molar-refractivity contribution is 7.17. The molecule has 4 aromatic rings. The lowest BCUT2D eigenvalue weighted by atomic mass is 9.78. The van der Waals surface area contributed by atoms with Crippen LogP contribution in [-0.2, 0) is 0 Å². The predicted molar refractivity (Wildman–Crippen MR) is 138 cm³/mol. The molecule has 0 atom stereocenters. The number of fused-ring (bicyclic) bond motifs is 1. The van der Waals surface area contributed by atoms with E-state index in [0.717, 1.165) is 47.6 Å². The SMILES string of the molecule is COc1ccc(-n2ncc3c(NC(=O)c4ccc([N+](=O)[O-])s4)nc(C4=CCC(C)(C)CC4)nc32)cc1. The van der Waals surface area contributed by atoms with E-state index in [-0.39, 0.29) is 15.3 Å². The number of nitrogens with zero attached hydrogens (tertiary/aromatic N) is 5. The van der Waals surface area contributed by atoms with Gasteiger partial charge in [0, 0.05) is 6.07 Å². The number of rotatable bonds is 6. The summed E-state index contributed by atoms with van der Waals surface area (Å²) in [6.45, 7) is 4.46. The maximum absolute atomic E-state index is 13.0. The van der Waals surface area contributed by atoms with Gasteiger partial charge in [0.25, 0.3) is 5.91 Å². The Morgan fingerprint density at radius 1 is 1.19 bits per heavy atom. The summed E-state index contributed by atoms with van der Waals surface area (Å²) in [7, 11) is 1.61. The number of benzene rings is 1. The van der Waals surface area contributed by atoms with E-state index in [0.29, 0.717) is 22.7 Å². The number of hydrogen-bond donors (Lipinski definition) is 1. The van der Waals surface area contributed by atoms with Crippen LogP contribution in [0.3, 0.4) is 0 Å². The van der Waals surface area contributed by atoms with E-state index in [1.165, 1.54) is 12.1 Å². The fraction of sp³-hybridized carbons (Fsp3) is 0.280. The maximum atomic E-state index is 13.0. The first-order valence-electron chi connectivity index (χ1n) is 11.4. The van der Waals surface area contributed by atoms with E-state index in [4.69, 9.17) is 14.7 Å². The van der Waals surface area contributed by atoms with Gasteiger partial charge in [0.2, 0.25) is 0 Å². The van der Waals surface area contributed by atoms with Crippen LogP contribution in [0, 0.1) is 15.5 Å². The molecule has 1 aliphatic carbocycles. The molecule has 1 amide bonds. The van der Waals surface area contributed by atoms with Crippen LogP contribution < -0.4 is 10.1 Å². The summed E-state index contributed by atoms with van der Waals surface area (Å²) in [6, 6.07) is 10.2. The van der Waals surface area contributed by atoms with Crippen molar-refractivity contribution in [3.8, 4) is 11.4 Å². The number of amides is 1. The van der Waals surface area contributed by atoms with Gasteiger partial charge in [-0.05, 0) is 60.6 Å². The molecular formula is C25H24N6O4S. The van der Waals surface area contributed by atoms with Gasteiger partial charge < -0.3 is 10.1 Å². The third kappa shape index (κ3) is 4.57. The average molecular weight is 505 g/mol. The molecule has 1 aliphatic rings. The molecule has 0 bridgehead atoms. The van der Waals surface area contributed by atoms with Crippen LogP contribution in [0.5, 0.6) is 5.75 Å². The zero-order valence-electron chi connectivity index (χ0n) is 20.0. The number of anilines is 1. The van der Waals surface area contributed by atoms with Crippen molar-refractivity contribution in [3.05, 3.63) is 69.5 Å². The lowest BCUT2D eigenvalue weighted by molar-refractivity contribution is -0.380. The quantitative estimate of drug-likeness (QED) is 0.266. The number of nitrogens with one attached hydrogen (secondary N) is 1. The van der Waals surface area contributed by atoms with Crippen molar-refractivity contribution in [1.82, 2.24) is 19.7 Å². The highest BCUT2D eigenvalue weighted by Gasteiger charge is 2.25. The van der Waals surface area contributed by atoms with Crippen LogP contribution in [0.25, 0.3) is 22.3 Å². The second-order valence-corrected chi connectivity index (χ2v) is 10.4. The number of aromatic nitrogens is 4. The second kappa shape index (κ2) is 9.15. The summed E-state index contributed by atoms with van der Waals surface area (Å²) in [6.07, 6.45) is 6.49. The molecule has 1 aromatic carbocycles. The van der Waals surface area contributed by atoms with E-state index >= 15 is 0 Å². The van der Waals surface area contributed by atoms with E-state index in [9.17, 15) is 14.9 Å². The molecular weight excluding hydrogens is 480 g/mol. The maximum Gasteiger partial charge on any atom is 0.324 e. The first kappa shape index (κ1) is 23.6. The summed E-state index contributed by atoms with van der Waals surface area (Å²) < 4.78 is 6.95. The molecule has 0 unspecified atom stereocenters. The monoisotopic (exact) mass is 504 g/mol. The third-order valence-electron chi connectivity index (χ3n) is 6.23. The zero-order chi connectivity index (χ0) is 25.4. The van der Waals surface area contributed by atoms with Crippen LogP contribution in [0.1, 0.15) is 48.6 Å². The average Bonchev–Trinajstić information content (AvgIpc) is 3.52. The summed E-state index contributed by atoms with van der Waals surface area (Å²) in [5, 5.41) is 18.9. The van der Waals surface area contributed by atoms with Gasteiger partial charge in [0.1, 0.15) is 11.6 Å². The number of thiophene rings is 1. The number of ether oxygens (including phenoxy) is 1. The molecule has 36 heavy (non-hydrogen) atoms. The standard InChI is InChI=1S/C25H24N6O4S/c1-25(2)12-10-15(11-13-25)21-27-22(29-24(32)19-8-9-20(36-19)31(33)34)18-14-26-30(23(18)28-21)16-4-6-17(35-3)7-5-16/h4-10,14H,11-13H2,1-3H3,(H,27,28,29,32). The number of methoxy groups -OCH3 is 1. The van der Waals surface area contributed by atoms with E-state index < -0.39 is 10.8 Å². The second-order valence-electron chi connectivity index (χ2n) is 9.33. The summed E-state index contributed by atoms with van der Waals surface area (Å²) in [4.78, 5) is 33.3. The molecule has 0 saturated heterocycles. The molecule has 5 rings (SSSR count). The Morgan fingerprint density at radius 2 is 1.97 bits per heavy atom. The lowest BCUT2D eigenvalue weighted by Gasteiger charge is -2.28. The summed E-state index contributed by atoms with van der Waals surface area (Å²) in [5.41, 5.74) is 2.55. The topological polar surface area (TPSA) is 125 Å². The van der Waals surface area contributed by atoms with Crippen molar-refractivity contribution in [1.29, 1.82) is 0 Å².